The number of benzene rings is 2. The molecule has 0 bridgehead atoms. The summed E-state index contributed by atoms with van der Waals surface area (Å²) in [4.78, 5) is 35.1. The topological polar surface area (TPSA) is 98.3 Å². The number of piperidine rings is 1. The number of carbonyl (C=O) groups is 1. The number of anilines is 5. The lowest BCUT2D eigenvalue weighted by molar-refractivity contribution is -0.111. The first kappa shape index (κ1) is 32.3. The highest BCUT2D eigenvalue weighted by Gasteiger charge is 2.35. The molecule has 3 aliphatic heterocycles. The Morgan fingerprint density at radius 1 is 0.979 bits per heavy atom. The Balaban J connectivity index is 1.09. The van der Waals surface area contributed by atoms with E-state index in [9.17, 15) is 4.79 Å². The van der Waals surface area contributed by atoms with Crippen molar-refractivity contribution in [1.82, 2.24) is 19.8 Å². The van der Waals surface area contributed by atoms with Crippen molar-refractivity contribution in [3.8, 4) is 5.75 Å². The SMILES string of the molecule is C=CC(=O)Nc1cc(Nc2cc(N3OCCC3c3cccc(C)c3F)ncn2)c(OC)cc1N1CCC(N2CCN(C3CC3)CC2)CC1. The van der Waals surface area contributed by atoms with Crippen LogP contribution in [0.15, 0.2) is 55.4 Å². The van der Waals surface area contributed by atoms with Crippen LogP contribution < -0.4 is 25.3 Å². The van der Waals surface area contributed by atoms with Crippen LogP contribution in [0.5, 0.6) is 5.75 Å². The van der Waals surface area contributed by atoms with E-state index in [1.165, 1.54) is 38.3 Å². The van der Waals surface area contributed by atoms with Gasteiger partial charge in [0.15, 0.2) is 5.82 Å². The van der Waals surface area contributed by atoms with E-state index < -0.39 is 0 Å². The lowest BCUT2D eigenvalue weighted by atomic mass is 10.0. The van der Waals surface area contributed by atoms with Gasteiger partial charge in [-0.15, -0.1) is 0 Å². The number of carbonyl (C=O) groups excluding carboxylic acids is 1. The zero-order valence-electron chi connectivity index (χ0n) is 27.8. The number of nitrogens with one attached hydrogen (secondary N) is 2. The molecule has 2 aromatic carbocycles. The summed E-state index contributed by atoms with van der Waals surface area (Å²) in [6, 6.07) is 12.1. The number of methoxy groups -OCH3 is 1. The molecule has 4 heterocycles. The first-order valence-electron chi connectivity index (χ1n) is 17.1. The van der Waals surface area contributed by atoms with Crippen molar-refractivity contribution in [3.63, 3.8) is 0 Å². The maximum absolute atomic E-state index is 15.1. The molecule has 12 heteroatoms. The van der Waals surface area contributed by atoms with Gasteiger partial charge >= 0.3 is 0 Å². The summed E-state index contributed by atoms with van der Waals surface area (Å²) < 4.78 is 20.9. The predicted molar refractivity (Wildman–Crippen MR) is 185 cm³/mol. The highest BCUT2D eigenvalue weighted by molar-refractivity contribution is 6.02. The van der Waals surface area contributed by atoms with Crippen LogP contribution in [0.4, 0.5) is 33.1 Å². The first-order valence-corrected chi connectivity index (χ1v) is 17.1. The fourth-order valence-electron chi connectivity index (χ4n) is 7.34. The molecule has 7 rings (SSSR count). The van der Waals surface area contributed by atoms with Crippen molar-refractivity contribution in [2.75, 3.05) is 73.6 Å². The summed E-state index contributed by atoms with van der Waals surface area (Å²) in [7, 11) is 1.63. The Labute approximate surface area is 281 Å². The molecule has 1 atom stereocenters. The molecule has 3 aromatic rings. The van der Waals surface area contributed by atoms with Gasteiger partial charge in [0.25, 0.3) is 0 Å². The minimum atomic E-state index is -0.321. The number of aromatic nitrogens is 2. The minimum Gasteiger partial charge on any atom is -0.494 e. The van der Waals surface area contributed by atoms with Gasteiger partial charge in [0.05, 0.1) is 36.8 Å². The van der Waals surface area contributed by atoms with E-state index in [1.807, 2.05) is 18.2 Å². The molecule has 0 radical (unpaired) electrons. The number of aryl methyl sites for hydroxylation is 1. The molecular formula is C36H45FN8O3. The van der Waals surface area contributed by atoms with Crippen LogP contribution in [-0.4, -0.2) is 90.7 Å². The predicted octanol–water partition coefficient (Wildman–Crippen LogP) is 5.43. The zero-order valence-corrected chi connectivity index (χ0v) is 27.8. The zero-order chi connectivity index (χ0) is 33.2. The summed E-state index contributed by atoms with van der Waals surface area (Å²) in [5, 5.41) is 8.02. The first-order chi connectivity index (χ1) is 23.4. The lowest BCUT2D eigenvalue weighted by Gasteiger charge is -2.43. The second-order valence-electron chi connectivity index (χ2n) is 13.1. The van der Waals surface area contributed by atoms with Crippen molar-refractivity contribution in [3.05, 3.63) is 72.3 Å². The van der Waals surface area contributed by atoms with Gasteiger partial charge in [-0.3, -0.25) is 19.4 Å². The van der Waals surface area contributed by atoms with E-state index in [2.05, 4.69) is 41.9 Å². The third-order valence-electron chi connectivity index (χ3n) is 10.1. The molecule has 1 saturated carbocycles. The molecule has 48 heavy (non-hydrogen) atoms. The Hall–Kier alpha value is -4.26. The summed E-state index contributed by atoms with van der Waals surface area (Å²) in [5.41, 5.74) is 3.34. The molecule has 4 aliphatic rings. The number of halogens is 1. The highest BCUT2D eigenvalue weighted by atomic mass is 19.1. The minimum absolute atomic E-state index is 0.236. The van der Waals surface area contributed by atoms with Gasteiger partial charge in [0.2, 0.25) is 5.91 Å². The average Bonchev–Trinajstić information content (AvgIpc) is 3.86. The second-order valence-corrected chi connectivity index (χ2v) is 13.1. The van der Waals surface area contributed by atoms with Gasteiger partial charge in [-0.05, 0) is 50.3 Å². The Morgan fingerprint density at radius 2 is 1.71 bits per heavy atom. The quantitative estimate of drug-likeness (QED) is 0.275. The van der Waals surface area contributed by atoms with Crippen LogP contribution in [0.25, 0.3) is 0 Å². The molecule has 1 unspecified atom stereocenters. The van der Waals surface area contributed by atoms with Crippen LogP contribution in [0.1, 0.15) is 49.3 Å². The van der Waals surface area contributed by atoms with E-state index in [1.54, 1.807) is 37.3 Å². The van der Waals surface area contributed by atoms with E-state index in [0.717, 1.165) is 50.7 Å². The molecular weight excluding hydrogens is 611 g/mol. The molecule has 2 N–H and O–H groups in total. The van der Waals surface area contributed by atoms with Crippen molar-refractivity contribution in [1.29, 1.82) is 0 Å². The molecule has 3 saturated heterocycles. The van der Waals surface area contributed by atoms with Crippen LogP contribution in [0.2, 0.25) is 0 Å². The summed E-state index contributed by atoms with van der Waals surface area (Å²) in [5.74, 6) is 1.08. The number of hydrogen-bond acceptors (Lipinski definition) is 10. The average molecular weight is 657 g/mol. The molecule has 254 valence electrons. The molecule has 11 nitrogen and oxygen atoms in total. The second kappa shape index (κ2) is 14.1. The third-order valence-corrected chi connectivity index (χ3v) is 10.1. The van der Waals surface area contributed by atoms with Gasteiger partial charge in [0.1, 0.15) is 23.7 Å². The Kier molecular flexibility index (Phi) is 9.47. The number of ether oxygens (including phenoxy) is 1. The van der Waals surface area contributed by atoms with Gasteiger partial charge < -0.3 is 20.3 Å². The third kappa shape index (κ3) is 6.83. The van der Waals surface area contributed by atoms with Crippen molar-refractivity contribution < 1.29 is 18.8 Å². The number of nitrogens with zero attached hydrogens (tertiary/aromatic N) is 6. The van der Waals surface area contributed by atoms with E-state index >= 15 is 4.39 Å². The Morgan fingerprint density at radius 3 is 2.40 bits per heavy atom. The summed E-state index contributed by atoms with van der Waals surface area (Å²) in [6.45, 7) is 12.3. The van der Waals surface area contributed by atoms with Crippen molar-refractivity contribution >= 4 is 34.6 Å². The summed E-state index contributed by atoms with van der Waals surface area (Å²) in [6.07, 6.45) is 8.21. The lowest BCUT2D eigenvalue weighted by Crippen LogP contribution is -2.53. The van der Waals surface area contributed by atoms with Crippen molar-refractivity contribution in [2.24, 2.45) is 0 Å². The van der Waals surface area contributed by atoms with Gasteiger partial charge in [-0.2, -0.15) is 0 Å². The number of hydrogen-bond donors (Lipinski definition) is 2. The fourth-order valence-corrected chi connectivity index (χ4v) is 7.34. The van der Waals surface area contributed by atoms with E-state index in [4.69, 9.17) is 9.57 Å². The van der Waals surface area contributed by atoms with Gasteiger partial charge in [0, 0.05) is 75.5 Å². The molecule has 0 spiro atoms. The normalized spacial score (nSPS) is 20.9. The maximum Gasteiger partial charge on any atom is 0.247 e. The van der Waals surface area contributed by atoms with Gasteiger partial charge in [-0.1, -0.05) is 24.8 Å². The van der Waals surface area contributed by atoms with Crippen molar-refractivity contribution in [2.45, 2.75) is 57.2 Å². The number of rotatable bonds is 10. The molecule has 4 fully saturated rings. The largest absolute Gasteiger partial charge is 0.494 e. The smallest absolute Gasteiger partial charge is 0.247 e. The van der Waals surface area contributed by atoms with E-state index in [0.29, 0.717) is 59.0 Å². The van der Waals surface area contributed by atoms with Crippen LogP contribution in [0.3, 0.4) is 0 Å². The Bertz CT molecular complexity index is 1640. The molecule has 1 aromatic heterocycles. The number of hydroxylamine groups is 1. The number of piperazine rings is 1. The number of amides is 1. The van der Waals surface area contributed by atoms with Crippen LogP contribution in [-0.2, 0) is 9.63 Å². The monoisotopic (exact) mass is 656 g/mol. The van der Waals surface area contributed by atoms with E-state index in [-0.39, 0.29) is 17.8 Å². The standard InChI is InChI=1S/C36H45FN8O3/c1-4-35(46)41-28-20-29(40-33-22-34(39-23-38-33)45-30(12-19-48-45)27-7-5-6-24(2)36(27)37)32(47-3)21-31(28)44-13-10-26(11-14-44)43-17-15-42(16-18-43)25-8-9-25/h4-7,20-23,25-26,30H,1,8-19H2,2-3H3,(H,41,46)(H,38,39,40). The molecule has 1 amide bonds. The summed E-state index contributed by atoms with van der Waals surface area (Å²) >= 11 is 0. The van der Waals surface area contributed by atoms with Crippen LogP contribution in [0, 0.1) is 12.7 Å². The maximum atomic E-state index is 15.1. The highest BCUT2D eigenvalue weighted by Crippen LogP contribution is 2.41. The fraction of sp³-hybridized carbons (Fsp3) is 0.472. The van der Waals surface area contributed by atoms with Gasteiger partial charge in [-0.25, -0.2) is 19.4 Å². The molecule has 1 aliphatic carbocycles. The van der Waals surface area contributed by atoms with Crippen LogP contribution >= 0.6 is 0 Å².